The maximum atomic E-state index is 12.2. The fourth-order valence-corrected chi connectivity index (χ4v) is 2.43. The van der Waals surface area contributed by atoms with Crippen molar-refractivity contribution in [2.75, 3.05) is 6.61 Å². The summed E-state index contributed by atoms with van der Waals surface area (Å²) in [5, 5.41) is 0. The number of rotatable bonds is 6. The molecular formula is C21H21NO3. The van der Waals surface area contributed by atoms with E-state index in [4.69, 9.17) is 9.47 Å². The van der Waals surface area contributed by atoms with Crippen LogP contribution in [-0.2, 0) is 9.53 Å². The van der Waals surface area contributed by atoms with E-state index in [9.17, 15) is 4.79 Å². The Morgan fingerprint density at radius 3 is 2.64 bits per heavy atom. The lowest BCUT2D eigenvalue weighted by atomic mass is 10.1. The van der Waals surface area contributed by atoms with E-state index in [0.717, 1.165) is 35.3 Å². The number of nitrogens with zero attached hydrogens (tertiary/aromatic N) is 1. The average molecular weight is 335 g/mol. The molecule has 0 atom stereocenters. The molecule has 2 aromatic carbocycles. The van der Waals surface area contributed by atoms with Crippen LogP contribution in [0.4, 0.5) is 0 Å². The van der Waals surface area contributed by atoms with Crippen LogP contribution in [0, 0.1) is 6.92 Å². The first-order chi connectivity index (χ1) is 12.2. The molecule has 0 unspecified atom stereocenters. The summed E-state index contributed by atoms with van der Waals surface area (Å²) in [6.45, 7) is 4.78. The van der Waals surface area contributed by atoms with E-state index in [1.807, 2.05) is 55.5 Å². The quantitative estimate of drug-likeness (QED) is 0.443. The Morgan fingerprint density at radius 1 is 1.12 bits per heavy atom. The fourth-order valence-electron chi connectivity index (χ4n) is 2.43. The van der Waals surface area contributed by atoms with Crippen molar-refractivity contribution in [1.82, 2.24) is 0 Å². The Labute approximate surface area is 147 Å². The molecule has 0 aromatic heterocycles. The second-order valence-corrected chi connectivity index (χ2v) is 5.94. The van der Waals surface area contributed by atoms with Crippen LogP contribution >= 0.6 is 0 Å². The molecule has 1 aliphatic rings. The van der Waals surface area contributed by atoms with Gasteiger partial charge in [0.05, 0.1) is 6.61 Å². The van der Waals surface area contributed by atoms with E-state index in [2.05, 4.69) is 11.9 Å². The van der Waals surface area contributed by atoms with Crippen LogP contribution in [0.3, 0.4) is 0 Å². The molecule has 4 nitrogen and oxygen atoms in total. The zero-order valence-corrected chi connectivity index (χ0v) is 14.5. The van der Waals surface area contributed by atoms with Crippen LogP contribution in [0.15, 0.2) is 59.2 Å². The Kier molecular flexibility index (Phi) is 5.29. The summed E-state index contributed by atoms with van der Waals surface area (Å²) >= 11 is 0. The molecule has 0 aliphatic carbocycles. The number of benzene rings is 2. The number of unbranched alkanes of at least 4 members (excludes halogenated alkanes) is 1. The van der Waals surface area contributed by atoms with E-state index >= 15 is 0 Å². The Hall–Kier alpha value is -2.88. The predicted octanol–water partition coefficient (Wildman–Crippen LogP) is 4.52. The third-order valence-corrected chi connectivity index (χ3v) is 3.89. The molecule has 0 radical (unpaired) electrons. The van der Waals surface area contributed by atoms with Crippen molar-refractivity contribution in [1.29, 1.82) is 0 Å². The molecule has 128 valence electrons. The lowest BCUT2D eigenvalue weighted by molar-refractivity contribution is -0.129. The first-order valence-electron chi connectivity index (χ1n) is 8.49. The van der Waals surface area contributed by atoms with Crippen LogP contribution < -0.4 is 4.74 Å². The number of cyclic esters (lactones) is 1. The molecule has 1 heterocycles. The highest BCUT2D eigenvalue weighted by atomic mass is 16.6. The topological polar surface area (TPSA) is 47.9 Å². The number of esters is 1. The predicted molar refractivity (Wildman–Crippen MR) is 98.6 cm³/mol. The molecule has 25 heavy (non-hydrogen) atoms. The summed E-state index contributed by atoms with van der Waals surface area (Å²) < 4.78 is 11.1. The van der Waals surface area contributed by atoms with Gasteiger partial charge in [0.15, 0.2) is 5.70 Å². The molecule has 1 aliphatic heterocycles. The van der Waals surface area contributed by atoms with Gasteiger partial charge in [0.1, 0.15) is 5.75 Å². The van der Waals surface area contributed by atoms with Crippen molar-refractivity contribution in [3.8, 4) is 5.75 Å². The molecule has 0 saturated carbocycles. The second-order valence-electron chi connectivity index (χ2n) is 5.94. The monoisotopic (exact) mass is 335 g/mol. The highest BCUT2D eigenvalue weighted by molar-refractivity contribution is 6.12. The van der Waals surface area contributed by atoms with Gasteiger partial charge in [-0.3, -0.25) is 0 Å². The smallest absolute Gasteiger partial charge is 0.363 e. The third kappa shape index (κ3) is 4.15. The van der Waals surface area contributed by atoms with Crippen LogP contribution in [-0.4, -0.2) is 18.5 Å². The van der Waals surface area contributed by atoms with E-state index in [1.54, 1.807) is 6.08 Å². The number of hydrogen-bond acceptors (Lipinski definition) is 4. The molecule has 0 amide bonds. The number of carbonyl (C=O) groups is 1. The van der Waals surface area contributed by atoms with Crippen molar-refractivity contribution in [3.63, 3.8) is 0 Å². The summed E-state index contributed by atoms with van der Waals surface area (Å²) in [6, 6.07) is 15.3. The van der Waals surface area contributed by atoms with Gasteiger partial charge < -0.3 is 9.47 Å². The summed E-state index contributed by atoms with van der Waals surface area (Å²) in [4.78, 5) is 16.5. The lowest BCUT2D eigenvalue weighted by Gasteiger charge is -2.08. The third-order valence-electron chi connectivity index (χ3n) is 3.89. The minimum atomic E-state index is -0.445. The largest absolute Gasteiger partial charge is 0.493 e. The van der Waals surface area contributed by atoms with Crippen LogP contribution in [0.5, 0.6) is 5.75 Å². The molecule has 0 spiro atoms. The summed E-state index contributed by atoms with van der Waals surface area (Å²) in [7, 11) is 0. The average Bonchev–Trinajstić information content (AvgIpc) is 2.98. The second kappa shape index (κ2) is 7.79. The first-order valence-corrected chi connectivity index (χ1v) is 8.49. The van der Waals surface area contributed by atoms with Crippen LogP contribution in [0.1, 0.15) is 36.5 Å². The van der Waals surface area contributed by atoms with E-state index in [-0.39, 0.29) is 5.70 Å². The number of para-hydroxylation sites is 1. The van der Waals surface area contributed by atoms with Gasteiger partial charge in [-0.05, 0) is 37.6 Å². The summed E-state index contributed by atoms with van der Waals surface area (Å²) in [5.41, 5.74) is 3.03. The molecule has 0 saturated heterocycles. The molecule has 0 bridgehead atoms. The van der Waals surface area contributed by atoms with Gasteiger partial charge >= 0.3 is 5.97 Å². The van der Waals surface area contributed by atoms with Crippen molar-refractivity contribution >= 4 is 17.9 Å². The Morgan fingerprint density at radius 2 is 1.88 bits per heavy atom. The Balaban J connectivity index is 1.86. The number of carbonyl (C=O) groups excluding carboxylic acids is 1. The molecule has 4 heteroatoms. The molecule has 0 fully saturated rings. The maximum absolute atomic E-state index is 12.2. The molecule has 3 rings (SSSR count). The molecule has 0 N–H and O–H groups in total. The number of hydrogen-bond donors (Lipinski definition) is 0. The van der Waals surface area contributed by atoms with Crippen molar-refractivity contribution < 1.29 is 14.3 Å². The van der Waals surface area contributed by atoms with Crippen LogP contribution in [0.2, 0.25) is 0 Å². The lowest BCUT2D eigenvalue weighted by Crippen LogP contribution is -2.05. The van der Waals surface area contributed by atoms with Crippen molar-refractivity contribution in [2.24, 2.45) is 4.99 Å². The van der Waals surface area contributed by atoms with Crippen molar-refractivity contribution in [3.05, 3.63) is 70.9 Å². The van der Waals surface area contributed by atoms with Gasteiger partial charge in [-0.1, -0.05) is 49.2 Å². The fraction of sp³-hybridized carbons (Fsp3) is 0.238. The normalized spacial score (nSPS) is 15.2. The highest BCUT2D eigenvalue weighted by Gasteiger charge is 2.24. The van der Waals surface area contributed by atoms with Gasteiger partial charge in [-0.15, -0.1) is 0 Å². The number of ether oxygens (including phenoxy) is 2. The Bertz CT molecular complexity index is 819. The zero-order valence-electron chi connectivity index (χ0n) is 14.5. The van der Waals surface area contributed by atoms with Gasteiger partial charge in [0.25, 0.3) is 0 Å². The minimum Gasteiger partial charge on any atom is -0.493 e. The number of aliphatic imine (C=N–C) groups is 1. The van der Waals surface area contributed by atoms with E-state index in [0.29, 0.717) is 12.5 Å². The summed E-state index contributed by atoms with van der Waals surface area (Å²) in [6.07, 6.45) is 3.77. The molecular weight excluding hydrogens is 314 g/mol. The number of aryl methyl sites for hydroxylation is 1. The van der Waals surface area contributed by atoms with Crippen molar-refractivity contribution in [2.45, 2.75) is 26.7 Å². The van der Waals surface area contributed by atoms with Crippen LogP contribution in [0.25, 0.3) is 6.08 Å². The SMILES string of the molecule is CCCCOc1ccccc1/C=C1/N=C(c2ccc(C)cc2)OC1=O. The van der Waals surface area contributed by atoms with Gasteiger partial charge in [0.2, 0.25) is 5.90 Å². The van der Waals surface area contributed by atoms with E-state index < -0.39 is 5.97 Å². The van der Waals surface area contributed by atoms with Gasteiger partial charge in [-0.25, -0.2) is 9.79 Å². The zero-order chi connectivity index (χ0) is 17.6. The van der Waals surface area contributed by atoms with E-state index in [1.165, 1.54) is 0 Å². The molecule has 2 aromatic rings. The first kappa shape index (κ1) is 17.0. The van der Waals surface area contributed by atoms with Gasteiger partial charge in [-0.2, -0.15) is 0 Å². The summed E-state index contributed by atoms with van der Waals surface area (Å²) in [5.74, 6) is 0.634. The minimum absolute atomic E-state index is 0.280. The maximum Gasteiger partial charge on any atom is 0.363 e. The highest BCUT2D eigenvalue weighted by Crippen LogP contribution is 2.25. The standard InChI is InChI=1S/C21H21NO3/c1-3-4-13-24-19-8-6-5-7-17(19)14-18-21(23)25-20(22-18)16-11-9-15(2)10-12-16/h5-12,14H,3-4,13H2,1-2H3/b18-14+. The van der Waals surface area contributed by atoms with Gasteiger partial charge in [0, 0.05) is 11.1 Å².